The fraction of sp³-hybridized carbons (Fsp3) is 0.200. The largest absolute Gasteiger partial charge is 0.351 e. The molecule has 1 aromatic carbocycles. The van der Waals surface area contributed by atoms with Gasteiger partial charge in [-0.3, -0.25) is 9.36 Å². The highest BCUT2D eigenvalue weighted by atomic mass is 19.3. The number of hydrogen-bond donors (Lipinski definition) is 1. The van der Waals surface area contributed by atoms with Gasteiger partial charge in [-0.05, 0) is 24.3 Å². The van der Waals surface area contributed by atoms with Crippen LogP contribution in [0.5, 0.6) is 0 Å². The number of nitrogens with one attached hydrogen (secondary N) is 1. The SMILES string of the molecule is CN(Cc1nccn1C(F)F)C(=O)c1cc2cc(F)ccc2[nH]1. The van der Waals surface area contributed by atoms with Crippen molar-refractivity contribution in [3.05, 3.63) is 54.0 Å². The summed E-state index contributed by atoms with van der Waals surface area (Å²) in [4.78, 5) is 20.4. The van der Waals surface area contributed by atoms with Crippen LogP contribution in [0.4, 0.5) is 13.2 Å². The van der Waals surface area contributed by atoms with E-state index in [2.05, 4.69) is 9.97 Å². The summed E-state index contributed by atoms with van der Waals surface area (Å²) in [5.74, 6) is -0.716. The molecule has 0 radical (unpaired) electrons. The van der Waals surface area contributed by atoms with E-state index in [-0.39, 0.29) is 18.1 Å². The number of alkyl halides is 2. The molecule has 0 aliphatic carbocycles. The lowest BCUT2D eigenvalue weighted by molar-refractivity contribution is 0.0611. The molecule has 2 heterocycles. The van der Waals surface area contributed by atoms with E-state index in [1.165, 1.54) is 42.4 Å². The predicted molar refractivity (Wildman–Crippen MR) is 77.5 cm³/mol. The fourth-order valence-corrected chi connectivity index (χ4v) is 2.35. The van der Waals surface area contributed by atoms with Crippen molar-refractivity contribution in [2.24, 2.45) is 0 Å². The Balaban J connectivity index is 1.82. The van der Waals surface area contributed by atoms with Gasteiger partial charge in [-0.25, -0.2) is 9.37 Å². The lowest BCUT2D eigenvalue weighted by Crippen LogP contribution is -2.28. The summed E-state index contributed by atoms with van der Waals surface area (Å²) in [5, 5.41) is 0.566. The molecule has 0 unspecified atom stereocenters. The Kier molecular flexibility index (Phi) is 3.81. The summed E-state index contributed by atoms with van der Waals surface area (Å²) < 4.78 is 39.5. The number of halogens is 3. The molecule has 0 bridgehead atoms. The van der Waals surface area contributed by atoms with Crippen LogP contribution in [0.2, 0.25) is 0 Å². The number of aromatic amines is 1. The van der Waals surface area contributed by atoms with Gasteiger partial charge < -0.3 is 9.88 Å². The average Bonchev–Trinajstić information content (AvgIpc) is 3.12. The van der Waals surface area contributed by atoms with Crippen LogP contribution < -0.4 is 0 Å². The van der Waals surface area contributed by atoms with Gasteiger partial charge in [-0.2, -0.15) is 8.78 Å². The lowest BCUT2D eigenvalue weighted by Gasteiger charge is -2.16. The minimum Gasteiger partial charge on any atom is -0.351 e. The second-order valence-corrected chi connectivity index (χ2v) is 5.10. The Hall–Kier alpha value is -2.77. The molecule has 5 nitrogen and oxygen atoms in total. The zero-order valence-corrected chi connectivity index (χ0v) is 12.1. The van der Waals surface area contributed by atoms with Gasteiger partial charge in [0.25, 0.3) is 5.91 Å². The maximum absolute atomic E-state index is 13.2. The molecule has 0 aliphatic rings. The number of hydrogen-bond acceptors (Lipinski definition) is 2. The third kappa shape index (κ3) is 2.92. The smallest absolute Gasteiger partial charge is 0.319 e. The van der Waals surface area contributed by atoms with Crippen molar-refractivity contribution in [2.45, 2.75) is 13.1 Å². The number of fused-ring (bicyclic) bond motifs is 1. The van der Waals surface area contributed by atoms with Gasteiger partial charge in [0, 0.05) is 30.3 Å². The van der Waals surface area contributed by atoms with E-state index < -0.39 is 18.3 Å². The first-order valence-corrected chi connectivity index (χ1v) is 6.79. The van der Waals surface area contributed by atoms with Gasteiger partial charge in [-0.15, -0.1) is 0 Å². The molecule has 2 aromatic heterocycles. The Morgan fingerprint density at radius 2 is 2.17 bits per heavy atom. The molecule has 0 saturated carbocycles. The number of amides is 1. The zero-order valence-electron chi connectivity index (χ0n) is 12.1. The van der Waals surface area contributed by atoms with E-state index >= 15 is 0 Å². The van der Waals surface area contributed by atoms with Gasteiger partial charge in [0.05, 0.1) is 6.54 Å². The fourth-order valence-electron chi connectivity index (χ4n) is 2.35. The van der Waals surface area contributed by atoms with Gasteiger partial charge >= 0.3 is 6.55 Å². The van der Waals surface area contributed by atoms with E-state index in [1.54, 1.807) is 0 Å². The van der Waals surface area contributed by atoms with E-state index in [1.807, 2.05) is 0 Å². The van der Waals surface area contributed by atoms with Crippen molar-refractivity contribution in [1.82, 2.24) is 19.4 Å². The highest BCUT2D eigenvalue weighted by Gasteiger charge is 2.18. The van der Waals surface area contributed by atoms with Crippen molar-refractivity contribution in [3.63, 3.8) is 0 Å². The van der Waals surface area contributed by atoms with Gasteiger partial charge in [0.2, 0.25) is 0 Å². The second kappa shape index (κ2) is 5.79. The van der Waals surface area contributed by atoms with E-state index in [4.69, 9.17) is 0 Å². The first kappa shape index (κ1) is 15.1. The summed E-state index contributed by atoms with van der Waals surface area (Å²) in [6.45, 7) is -2.79. The topological polar surface area (TPSA) is 53.9 Å². The van der Waals surface area contributed by atoms with Gasteiger partial charge in [-0.1, -0.05) is 0 Å². The average molecular weight is 322 g/mol. The van der Waals surface area contributed by atoms with Gasteiger partial charge in [0.1, 0.15) is 17.3 Å². The van der Waals surface area contributed by atoms with Crippen molar-refractivity contribution >= 4 is 16.8 Å². The molecule has 3 rings (SSSR count). The molecule has 0 spiro atoms. The molecule has 120 valence electrons. The quantitative estimate of drug-likeness (QED) is 0.802. The minimum absolute atomic E-state index is 0.0695. The monoisotopic (exact) mass is 322 g/mol. The predicted octanol–water partition coefficient (Wildman–Crippen LogP) is 3.17. The molecule has 1 amide bonds. The number of rotatable bonds is 4. The van der Waals surface area contributed by atoms with Crippen LogP contribution in [0, 0.1) is 5.82 Å². The third-order valence-corrected chi connectivity index (χ3v) is 3.50. The summed E-state index contributed by atoms with van der Waals surface area (Å²) in [6, 6.07) is 5.66. The number of benzene rings is 1. The number of carbonyl (C=O) groups excluding carboxylic acids is 1. The molecular formula is C15H13F3N4O. The van der Waals surface area contributed by atoms with E-state index in [0.29, 0.717) is 15.5 Å². The molecule has 3 aromatic rings. The van der Waals surface area contributed by atoms with Crippen LogP contribution >= 0.6 is 0 Å². The number of H-pyrrole nitrogens is 1. The molecular weight excluding hydrogens is 309 g/mol. The van der Waals surface area contributed by atoms with Crippen LogP contribution in [0.1, 0.15) is 22.9 Å². The first-order valence-electron chi connectivity index (χ1n) is 6.79. The maximum atomic E-state index is 13.2. The highest BCUT2D eigenvalue weighted by molar-refractivity contribution is 5.97. The minimum atomic E-state index is -2.72. The molecule has 23 heavy (non-hydrogen) atoms. The maximum Gasteiger partial charge on any atom is 0.319 e. The van der Waals surface area contributed by atoms with Crippen molar-refractivity contribution in [3.8, 4) is 0 Å². The summed E-state index contributed by atoms with van der Waals surface area (Å²) in [6.07, 6.45) is 2.41. The standard InChI is InChI=1S/C15H13F3N4O/c1-21(8-13-19-4-5-22(13)15(17)18)14(23)12-7-9-6-10(16)2-3-11(9)20-12/h2-7,15,20H,8H2,1H3. The van der Waals surface area contributed by atoms with Crippen molar-refractivity contribution < 1.29 is 18.0 Å². The first-order chi connectivity index (χ1) is 11.0. The number of aromatic nitrogens is 3. The molecule has 1 N–H and O–H groups in total. The summed E-state index contributed by atoms with van der Waals surface area (Å²) in [5.41, 5.74) is 0.875. The van der Waals surface area contributed by atoms with Crippen LogP contribution in [-0.2, 0) is 6.54 Å². The Bertz CT molecular complexity index is 855. The zero-order chi connectivity index (χ0) is 16.6. The van der Waals surface area contributed by atoms with E-state index in [9.17, 15) is 18.0 Å². The third-order valence-electron chi connectivity index (χ3n) is 3.50. The van der Waals surface area contributed by atoms with E-state index in [0.717, 1.165) is 6.20 Å². The summed E-state index contributed by atoms with van der Waals surface area (Å²) >= 11 is 0. The van der Waals surface area contributed by atoms with Crippen LogP contribution in [0.25, 0.3) is 10.9 Å². The normalized spacial score (nSPS) is 11.3. The van der Waals surface area contributed by atoms with Crippen molar-refractivity contribution in [1.29, 1.82) is 0 Å². The molecule has 8 heteroatoms. The van der Waals surface area contributed by atoms with Crippen LogP contribution in [0.3, 0.4) is 0 Å². The van der Waals surface area contributed by atoms with Crippen LogP contribution in [0.15, 0.2) is 36.7 Å². The number of nitrogens with zero attached hydrogens (tertiary/aromatic N) is 3. The molecule has 0 aliphatic heterocycles. The van der Waals surface area contributed by atoms with Crippen molar-refractivity contribution in [2.75, 3.05) is 7.05 Å². The molecule has 0 atom stereocenters. The molecule has 0 fully saturated rings. The Morgan fingerprint density at radius 1 is 1.39 bits per heavy atom. The van der Waals surface area contributed by atoms with Crippen LogP contribution in [-0.4, -0.2) is 32.4 Å². The molecule has 0 saturated heterocycles. The Morgan fingerprint density at radius 3 is 2.91 bits per heavy atom. The van der Waals surface area contributed by atoms with Gasteiger partial charge in [0.15, 0.2) is 0 Å². The summed E-state index contributed by atoms with van der Waals surface area (Å²) in [7, 11) is 1.49. The second-order valence-electron chi connectivity index (χ2n) is 5.10. The lowest BCUT2D eigenvalue weighted by atomic mass is 10.2. The number of carbonyl (C=O) groups is 1. The number of imidazole rings is 1. The Labute approximate surface area is 129 Å². The highest BCUT2D eigenvalue weighted by Crippen LogP contribution is 2.19.